The number of carbonyl (C=O) groups is 1. The van der Waals surface area contributed by atoms with Crippen molar-refractivity contribution in [1.29, 1.82) is 0 Å². The number of amides is 1. The first-order valence-electron chi connectivity index (χ1n) is 10.9. The smallest absolute Gasteiger partial charge is 0.294 e. The minimum atomic E-state index is -0.400. The molecule has 1 saturated carbocycles. The maximum absolute atomic E-state index is 13.5. The lowest BCUT2D eigenvalue weighted by Gasteiger charge is -2.25. The number of carbonyl (C=O) groups excluding carboxylic acids is 1. The number of benzene rings is 1. The maximum atomic E-state index is 13.5. The molecule has 3 aromatic rings. The zero-order valence-corrected chi connectivity index (χ0v) is 18.4. The molecule has 1 saturated heterocycles. The summed E-state index contributed by atoms with van der Waals surface area (Å²) < 4.78 is 20.7. The molecular weight excluding hydrogens is 433 g/mol. The number of morpholine rings is 1. The second kappa shape index (κ2) is 8.95. The lowest BCUT2D eigenvalue weighted by atomic mass is 10.1. The lowest BCUT2D eigenvalue weighted by molar-refractivity contribution is -0.122. The van der Waals surface area contributed by atoms with Gasteiger partial charge in [-0.2, -0.15) is 5.10 Å². The Hall–Kier alpha value is -2.85. The largest absolute Gasteiger partial charge is 0.378 e. The number of aromatic nitrogens is 3. The van der Waals surface area contributed by atoms with Gasteiger partial charge in [0.25, 0.3) is 5.56 Å². The second-order valence-electron chi connectivity index (χ2n) is 8.14. The van der Waals surface area contributed by atoms with Crippen LogP contribution in [-0.2, 0) is 16.1 Å². The van der Waals surface area contributed by atoms with E-state index >= 15 is 0 Å². The fourth-order valence-electron chi connectivity index (χ4n) is 4.22. The molecule has 1 aromatic carbocycles. The molecular formula is C22H24FN5O3S. The number of hydrogen-bond acceptors (Lipinski definition) is 7. The van der Waals surface area contributed by atoms with Crippen LogP contribution in [0.3, 0.4) is 0 Å². The van der Waals surface area contributed by atoms with Crippen LogP contribution < -0.4 is 15.8 Å². The molecule has 0 unspecified atom stereocenters. The van der Waals surface area contributed by atoms with Crippen LogP contribution in [0.15, 0.2) is 29.1 Å². The molecule has 1 N–H and O–H groups in total. The van der Waals surface area contributed by atoms with Crippen LogP contribution in [0.2, 0.25) is 0 Å². The van der Waals surface area contributed by atoms with Crippen LogP contribution in [0.1, 0.15) is 25.7 Å². The molecule has 168 valence electrons. The third kappa shape index (κ3) is 4.24. The Morgan fingerprint density at radius 1 is 1.19 bits per heavy atom. The van der Waals surface area contributed by atoms with Crippen molar-refractivity contribution in [2.75, 3.05) is 31.2 Å². The van der Waals surface area contributed by atoms with Gasteiger partial charge in [0, 0.05) is 24.7 Å². The predicted molar refractivity (Wildman–Crippen MR) is 120 cm³/mol. The van der Waals surface area contributed by atoms with E-state index in [0.29, 0.717) is 42.3 Å². The molecule has 0 atom stereocenters. The Morgan fingerprint density at radius 2 is 1.91 bits per heavy atom. The van der Waals surface area contributed by atoms with Crippen molar-refractivity contribution >= 4 is 32.6 Å². The van der Waals surface area contributed by atoms with E-state index in [9.17, 15) is 14.0 Å². The highest BCUT2D eigenvalue weighted by Gasteiger charge is 2.23. The van der Waals surface area contributed by atoms with Gasteiger partial charge in [0.1, 0.15) is 18.1 Å². The second-order valence-corrected chi connectivity index (χ2v) is 9.12. The van der Waals surface area contributed by atoms with E-state index in [1.165, 1.54) is 28.2 Å². The van der Waals surface area contributed by atoms with Crippen LogP contribution in [0.4, 0.5) is 9.52 Å². The molecule has 1 aliphatic carbocycles. The number of nitrogens with zero attached hydrogens (tertiary/aromatic N) is 4. The molecule has 0 bridgehead atoms. The highest BCUT2D eigenvalue weighted by Crippen LogP contribution is 2.34. The summed E-state index contributed by atoms with van der Waals surface area (Å²) in [6, 6.07) is 6.12. The third-order valence-corrected chi connectivity index (χ3v) is 7.02. The Balaban J connectivity index is 1.55. The van der Waals surface area contributed by atoms with Crippen molar-refractivity contribution in [2.45, 2.75) is 38.3 Å². The number of fused-ring (bicyclic) bond motifs is 1. The normalized spacial score (nSPS) is 17.2. The Morgan fingerprint density at radius 3 is 2.62 bits per heavy atom. The lowest BCUT2D eigenvalue weighted by Crippen LogP contribution is -2.38. The summed E-state index contributed by atoms with van der Waals surface area (Å²) >= 11 is 1.39. The molecule has 2 aliphatic rings. The first kappa shape index (κ1) is 21.0. The summed E-state index contributed by atoms with van der Waals surface area (Å²) in [5.74, 6) is -0.591. The molecule has 1 aliphatic heterocycles. The third-order valence-electron chi connectivity index (χ3n) is 5.90. The van der Waals surface area contributed by atoms with E-state index < -0.39 is 5.56 Å². The summed E-state index contributed by atoms with van der Waals surface area (Å²) in [5, 5.41) is 8.24. The summed E-state index contributed by atoms with van der Waals surface area (Å²) in [4.78, 5) is 32.5. The average Bonchev–Trinajstić information content (AvgIpc) is 3.47. The van der Waals surface area contributed by atoms with Gasteiger partial charge in [-0.15, -0.1) is 0 Å². The van der Waals surface area contributed by atoms with E-state index in [1.807, 2.05) is 0 Å². The van der Waals surface area contributed by atoms with Gasteiger partial charge in [0.15, 0.2) is 10.6 Å². The van der Waals surface area contributed by atoms with Crippen molar-refractivity contribution in [3.8, 4) is 11.3 Å². The number of ether oxygens (including phenoxy) is 1. The fourth-order valence-corrected chi connectivity index (χ4v) is 5.34. The number of rotatable bonds is 5. The highest BCUT2D eigenvalue weighted by molar-refractivity contribution is 7.22. The minimum absolute atomic E-state index is 0.158. The number of anilines is 1. The highest BCUT2D eigenvalue weighted by atomic mass is 32.1. The molecule has 2 fully saturated rings. The summed E-state index contributed by atoms with van der Waals surface area (Å²) in [5.41, 5.74) is 1.06. The number of thiazole rings is 1. The number of hydrogen-bond donors (Lipinski definition) is 1. The number of nitrogens with one attached hydrogen (secondary N) is 1. The standard InChI is InChI=1S/C22H24FN5O3S/c23-15-7-5-14(6-8-15)18-20-19(25-22(32-20)27-9-11-31-12-10-27)21(30)28(26-18)13-17(29)24-16-3-1-2-4-16/h5-8,16H,1-4,9-13H2,(H,24,29). The van der Waals surface area contributed by atoms with E-state index in [2.05, 4.69) is 20.3 Å². The molecule has 2 aromatic heterocycles. The SMILES string of the molecule is O=C(Cn1nc(-c2ccc(F)cc2)c2sc(N3CCOCC3)nc2c1=O)NC1CCCC1. The molecule has 10 heteroatoms. The van der Waals surface area contributed by atoms with Crippen molar-refractivity contribution in [3.63, 3.8) is 0 Å². The molecule has 32 heavy (non-hydrogen) atoms. The summed E-state index contributed by atoms with van der Waals surface area (Å²) in [6.45, 7) is 2.41. The van der Waals surface area contributed by atoms with Gasteiger partial charge >= 0.3 is 0 Å². The van der Waals surface area contributed by atoms with E-state index in [4.69, 9.17) is 4.74 Å². The average molecular weight is 458 g/mol. The Labute approximate surface area is 188 Å². The predicted octanol–water partition coefficient (Wildman–Crippen LogP) is 2.55. The van der Waals surface area contributed by atoms with Gasteiger partial charge in [0.2, 0.25) is 5.91 Å². The minimum Gasteiger partial charge on any atom is -0.378 e. The fraction of sp³-hybridized carbons (Fsp3) is 0.455. The van der Waals surface area contributed by atoms with Crippen molar-refractivity contribution in [3.05, 3.63) is 40.4 Å². The van der Waals surface area contributed by atoms with E-state index in [0.717, 1.165) is 30.8 Å². The topological polar surface area (TPSA) is 89.3 Å². The maximum Gasteiger partial charge on any atom is 0.294 e. The van der Waals surface area contributed by atoms with Gasteiger partial charge in [-0.3, -0.25) is 9.59 Å². The molecule has 8 nitrogen and oxygen atoms in total. The quantitative estimate of drug-likeness (QED) is 0.634. The van der Waals surface area contributed by atoms with Gasteiger partial charge in [-0.1, -0.05) is 24.2 Å². The van der Waals surface area contributed by atoms with Crippen LogP contribution in [0.25, 0.3) is 21.5 Å². The Bertz CT molecular complexity index is 1180. The van der Waals surface area contributed by atoms with Crippen LogP contribution in [0.5, 0.6) is 0 Å². The first-order valence-corrected chi connectivity index (χ1v) is 11.7. The van der Waals surface area contributed by atoms with Crippen molar-refractivity contribution in [2.24, 2.45) is 0 Å². The first-order chi connectivity index (χ1) is 15.6. The van der Waals surface area contributed by atoms with E-state index in [1.54, 1.807) is 12.1 Å². The van der Waals surface area contributed by atoms with Gasteiger partial charge in [0.05, 0.1) is 17.9 Å². The molecule has 3 heterocycles. The van der Waals surface area contributed by atoms with Crippen molar-refractivity contribution in [1.82, 2.24) is 20.1 Å². The van der Waals surface area contributed by atoms with Gasteiger partial charge in [-0.05, 0) is 37.1 Å². The summed E-state index contributed by atoms with van der Waals surface area (Å²) in [7, 11) is 0. The monoisotopic (exact) mass is 457 g/mol. The molecule has 0 spiro atoms. The Kier molecular flexibility index (Phi) is 5.88. The summed E-state index contributed by atoms with van der Waals surface area (Å²) in [6.07, 6.45) is 4.13. The van der Waals surface area contributed by atoms with Crippen LogP contribution in [-0.4, -0.2) is 53.0 Å². The van der Waals surface area contributed by atoms with Gasteiger partial charge in [-0.25, -0.2) is 14.1 Å². The molecule has 0 radical (unpaired) electrons. The van der Waals surface area contributed by atoms with Crippen LogP contribution in [0, 0.1) is 5.82 Å². The van der Waals surface area contributed by atoms with Gasteiger partial charge < -0.3 is 15.0 Å². The zero-order chi connectivity index (χ0) is 22.1. The zero-order valence-electron chi connectivity index (χ0n) is 17.6. The number of halogens is 1. The molecule has 5 rings (SSSR count). The van der Waals surface area contributed by atoms with Crippen molar-refractivity contribution < 1.29 is 13.9 Å². The molecule has 1 amide bonds. The van der Waals surface area contributed by atoms with Crippen LogP contribution >= 0.6 is 11.3 Å². The van der Waals surface area contributed by atoms with E-state index in [-0.39, 0.29) is 29.8 Å².